The first-order chi connectivity index (χ1) is 12.6. The third-order valence-corrected chi connectivity index (χ3v) is 3.52. The van der Waals surface area contributed by atoms with Crippen LogP contribution >= 0.6 is 0 Å². The van der Waals surface area contributed by atoms with E-state index in [4.69, 9.17) is 0 Å². The van der Waals surface area contributed by atoms with Gasteiger partial charge in [0, 0.05) is 11.9 Å². The predicted octanol–water partition coefficient (Wildman–Crippen LogP) is 4.31. The Hall–Kier alpha value is -3.11. The van der Waals surface area contributed by atoms with Crippen LogP contribution in [0.2, 0.25) is 0 Å². The van der Waals surface area contributed by atoms with Crippen molar-refractivity contribution in [1.29, 1.82) is 0 Å². The predicted molar refractivity (Wildman–Crippen MR) is 82.9 cm³/mol. The molecule has 142 valence electrons. The fourth-order valence-corrected chi connectivity index (χ4v) is 2.20. The first-order valence-corrected chi connectivity index (χ1v) is 7.49. The molecule has 0 fully saturated rings. The Morgan fingerprint density at radius 1 is 0.926 bits per heavy atom. The van der Waals surface area contributed by atoms with Crippen molar-refractivity contribution in [2.24, 2.45) is 0 Å². The van der Waals surface area contributed by atoms with Gasteiger partial charge in [-0.25, -0.2) is 4.68 Å². The van der Waals surface area contributed by atoms with Gasteiger partial charge in [0.05, 0.1) is 24.0 Å². The van der Waals surface area contributed by atoms with E-state index in [1.807, 2.05) is 0 Å². The van der Waals surface area contributed by atoms with E-state index in [0.29, 0.717) is 11.4 Å². The highest BCUT2D eigenvalue weighted by atomic mass is 19.4. The van der Waals surface area contributed by atoms with E-state index < -0.39 is 23.6 Å². The Morgan fingerprint density at radius 2 is 1.63 bits per heavy atom. The molecule has 2 heterocycles. The maximum absolute atomic E-state index is 12.6. The van der Waals surface area contributed by atoms with Crippen LogP contribution in [0.3, 0.4) is 0 Å². The molecule has 0 aliphatic heterocycles. The summed E-state index contributed by atoms with van der Waals surface area (Å²) in [6.07, 6.45) is -6.50. The molecule has 0 amide bonds. The SMILES string of the molecule is FC(F)(F)c1ccc(-n2cc(CNc3ccnc(C(F)(F)F)c3)nn2)cc1. The number of nitrogens with zero attached hydrogens (tertiary/aromatic N) is 4. The van der Waals surface area contributed by atoms with Gasteiger partial charge in [0.25, 0.3) is 0 Å². The second kappa shape index (κ2) is 6.89. The van der Waals surface area contributed by atoms with Gasteiger partial charge in [-0.1, -0.05) is 5.21 Å². The molecule has 0 unspecified atom stereocenters. The Morgan fingerprint density at radius 3 is 2.26 bits per heavy atom. The summed E-state index contributed by atoms with van der Waals surface area (Å²) in [6, 6.07) is 6.56. The molecular formula is C16H11F6N5. The van der Waals surface area contributed by atoms with Crippen LogP contribution in [0.4, 0.5) is 32.0 Å². The van der Waals surface area contributed by atoms with Gasteiger partial charge >= 0.3 is 12.4 Å². The highest BCUT2D eigenvalue weighted by Gasteiger charge is 2.32. The first kappa shape index (κ1) is 18.7. The number of halogens is 6. The van der Waals surface area contributed by atoms with Crippen LogP contribution in [0.1, 0.15) is 17.0 Å². The summed E-state index contributed by atoms with van der Waals surface area (Å²) >= 11 is 0. The molecule has 0 saturated heterocycles. The van der Waals surface area contributed by atoms with E-state index in [-0.39, 0.29) is 12.2 Å². The second-order valence-corrected chi connectivity index (χ2v) is 5.48. The lowest BCUT2D eigenvalue weighted by molar-refractivity contribution is -0.141. The Labute approximate surface area is 148 Å². The molecule has 3 rings (SSSR count). The normalized spacial score (nSPS) is 12.2. The van der Waals surface area contributed by atoms with E-state index in [2.05, 4.69) is 20.6 Å². The number of hydrogen-bond donors (Lipinski definition) is 1. The van der Waals surface area contributed by atoms with E-state index in [0.717, 1.165) is 24.4 Å². The summed E-state index contributed by atoms with van der Waals surface area (Å²) in [4.78, 5) is 3.26. The highest BCUT2D eigenvalue weighted by Crippen LogP contribution is 2.30. The summed E-state index contributed by atoms with van der Waals surface area (Å²) in [5, 5.41) is 10.4. The molecule has 0 radical (unpaired) electrons. The Kier molecular flexibility index (Phi) is 4.77. The summed E-state index contributed by atoms with van der Waals surface area (Å²) < 4.78 is 76.9. The second-order valence-electron chi connectivity index (χ2n) is 5.48. The average Bonchev–Trinajstić information content (AvgIpc) is 3.08. The van der Waals surface area contributed by atoms with Crippen molar-refractivity contribution in [2.45, 2.75) is 18.9 Å². The molecule has 0 spiro atoms. The number of pyridine rings is 1. The van der Waals surface area contributed by atoms with Gasteiger partial charge < -0.3 is 5.32 Å². The van der Waals surface area contributed by atoms with Gasteiger partial charge in [0.15, 0.2) is 0 Å². The fourth-order valence-electron chi connectivity index (χ4n) is 2.20. The molecule has 27 heavy (non-hydrogen) atoms. The summed E-state index contributed by atoms with van der Waals surface area (Å²) in [6.45, 7) is 0.0714. The number of hydrogen-bond acceptors (Lipinski definition) is 4. The number of rotatable bonds is 4. The quantitative estimate of drug-likeness (QED) is 0.678. The van der Waals surface area contributed by atoms with E-state index >= 15 is 0 Å². The van der Waals surface area contributed by atoms with Crippen LogP contribution in [0.15, 0.2) is 48.8 Å². The molecule has 11 heteroatoms. The molecule has 2 aromatic heterocycles. The molecule has 0 atom stereocenters. The smallest absolute Gasteiger partial charge is 0.379 e. The summed E-state index contributed by atoms with van der Waals surface area (Å²) in [7, 11) is 0. The minimum Gasteiger partial charge on any atom is -0.379 e. The van der Waals surface area contributed by atoms with Crippen LogP contribution < -0.4 is 5.32 Å². The van der Waals surface area contributed by atoms with Crippen molar-refractivity contribution in [3.05, 3.63) is 65.7 Å². The molecule has 1 aromatic carbocycles. The van der Waals surface area contributed by atoms with Crippen molar-refractivity contribution in [3.8, 4) is 5.69 Å². The molecule has 5 nitrogen and oxygen atoms in total. The molecule has 0 aliphatic rings. The molecule has 1 N–H and O–H groups in total. The minimum absolute atomic E-state index is 0.0714. The van der Waals surface area contributed by atoms with Crippen molar-refractivity contribution in [1.82, 2.24) is 20.0 Å². The zero-order valence-electron chi connectivity index (χ0n) is 13.4. The van der Waals surface area contributed by atoms with Crippen LogP contribution in [0.5, 0.6) is 0 Å². The average molecular weight is 387 g/mol. The van der Waals surface area contributed by atoms with Crippen molar-refractivity contribution < 1.29 is 26.3 Å². The zero-order chi connectivity index (χ0) is 19.7. The van der Waals surface area contributed by atoms with Gasteiger partial charge in [0.1, 0.15) is 11.4 Å². The van der Waals surface area contributed by atoms with Crippen LogP contribution in [-0.4, -0.2) is 20.0 Å². The first-order valence-electron chi connectivity index (χ1n) is 7.49. The van der Waals surface area contributed by atoms with Gasteiger partial charge in [0.2, 0.25) is 0 Å². The van der Waals surface area contributed by atoms with Crippen molar-refractivity contribution >= 4 is 5.69 Å². The molecule has 0 saturated carbocycles. The van der Waals surface area contributed by atoms with Crippen LogP contribution in [0, 0.1) is 0 Å². The van der Waals surface area contributed by atoms with Gasteiger partial charge in [-0.3, -0.25) is 4.98 Å². The van der Waals surface area contributed by atoms with E-state index in [9.17, 15) is 26.3 Å². The monoisotopic (exact) mass is 387 g/mol. The third-order valence-electron chi connectivity index (χ3n) is 3.52. The maximum atomic E-state index is 12.6. The summed E-state index contributed by atoms with van der Waals surface area (Å²) in [5.41, 5.74) is -0.862. The standard InChI is InChI=1S/C16H11F6N5/c17-15(18,19)10-1-3-13(4-2-10)27-9-12(25-26-27)8-24-11-5-6-23-14(7-11)16(20,21)22/h1-7,9H,8H2,(H,23,24). The number of nitrogens with one attached hydrogen (secondary N) is 1. The third kappa shape index (κ3) is 4.54. The fraction of sp³-hybridized carbons (Fsp3) is 0.188. The number of aromatic nitrogens is 4. The molecule has 3 aromatic rings. The molecule has 0 aliphatic carbocycles. The van der Waals surface area contributed by atoms with Gasteiger partial charge in [-0.15, -0.1) is 5.10 Å². The van der Waals surface area contributed by atoms with Crippen LogP contribution in [0.25, 0.3) is 5.69 Å². The lowest BCUT2D eigenvalue weighted by Crippen LogP contribution is -2.09. The largest absolute Gasteiger partial charge is 0.433 e. The van der Waals surface area contributed by atoms with Gasteiger partial charge in [-0.2, -0.15) is 26.3 Å². The topological polar surface area (TPSA) is 55.6 Å². The van der Waals surface area contributed by atoms with Crippen LogP contribution in [-0.2, 0) is 18.9 Å². The maximum Gasteiger partial charge on any atom is 0.433 e. The Bertz CT molecular complexity index is 914. The highest BCUT2D eigenvalue weighted by molar-refractivity contribution is 5.44. The number of anilines is 1. The number of alkyl halides is 6. The lowest BCUT2D eigenvalue weighted by atomic mass is 10.2. The van der Waals surface area contributed by atoms with Crippen molar-refractivity contribution in [2.75, 3.05) is 5.32 Å². The zero-order valence-corrected chi connectivity index (χ0v) is 13.4. The van der Waals surface area contributed by atoms with Gasteiger partial charge in [-0.05, 0) is 36.4 Å². The minimum atomic E-state index is -4.55. The Balaban J connectivity index is 1.68. The number of benzene rings is 1. The van der Waals surface area contributed by atoms with E-state index in [1.165, 1.54) is 29.1 Å². The summed E-state index contributed by atoms with van der Waals surface area (Å²) in [5.74, 6) is 0. The lowest BCUT2D eigenvalue weighted by Gasteiger charge is -2.08. The van der Waals surface area contributed by atoms with E-state index in [1.54, 1.807) is 0 Å². The molecular weight excluding hydrogens is 376 g/mol. The van der Waals surface area contributed by atoms with Crippen molar-refractivity contribution in [3.63, 3.8) is 0 Å². The molecule has 0 bridgehead atoms.